The molecule has 0 spiro atoms. The lowest BCUT2D eigenvalue weighted by atomic mass is 10.2. The molecule has 1 aromatic heterocycles. The number of hydrogen-bond acceptors (Lipinski definition) is 5. The highest BCUT2D eigenvalue weighted by Crippen LogP contribution is 2.34. The summed E-state index contributed by atoms with van der Waals surface area (Å²) < 4.78 is 0.940. The van der Waals surface area contributed by atoms with Crippen LogP contribution in [0.1, 0.15) is 10.4 Å². The molecule has 2 heterocycles. The molecule has 128 valence electrons. The van der Waals surface area contributed by atoms with Gasteiger partial charge in [0.05, 0.1) is 8.69 Å². The van der Waals surface area contributed by atoms with Crippen LogP contribution in [0.2, 0.25) is 0 Å². The van der Waals surface area contributed by atoms with Gasteiger partial charge in [0.25, 0.3) is 11.1 Å². The largest absolute Gasteiger partial charge is 0.325 e. The number of thiophene rings is 1. The Labute approximate surface area is 161 Å². The van der Waals surface area contributed by atoms with E-state index in [4.69, 9.17) is 0 Å². The number of amides is 3. The number of rotatable bonds is 4. The van der Waals surface area contributed by atoms with Gasteiger partial charge in [-0.1, -0.05) is 12.1 Å². The summed E-state index contributed by atoms with van der Waals surface area (Å²) in [6, 6.07) is 11.0. The Morgan fingerprint density at radius 1 is 1.28 bits per heavy atom. The van der Waals surface area contributed by atoms with Gasteiger partial charge in [0.2, 0.25) is 5.91 Å². The van der Waals surface area contributed by atoms with E-state index >= 15 is 0 Å². The number of nitrogens with one attached hydrogen (secondary N) is 1. The van der Waals surface area contributed by atoms with Gasteiger partial charge >= 0.3 is 0 Å². The molecule has 0 unspecified atom stereocenters. The number of aryl methyl sites for hydroxylation is 1. The Morgan fingerprint density at radius 2 is 2.08 bits per heavy atom. The van der Waals surface area contributed by atoms with Gasteiger partial charge in [-0.15, -0.1) is 11.3 Å². The van der Waals surface area contributed by atoms with E-state index in [1.54, 1.807) is 12.1 Å². The van der Waals surface area contributed by atoms with Gasteiger partial charge in [0.15, 0.2) is 0 Å². The van der Waals surface area contributed by atoms with Crippen molar-refractivity contribution in [3.63, 3.8) is 0 Å². The third-order valence-corrected chi connectivity index (χ3v) is 5.82. The molecule has 1 aliphatic heterocycles. The molecule has 0 aliphatic carbocycles. The Balaban J connectivity index is 1.68. The number of anilines is 1. The standard InChI is InChI=1S/C17H13BrN2O3S2/c1-10-3-2-4-11(7-10)19-15(21)9-20-16(22)13(25-17(20)23)8-12-5-6-14(18)24-12/h2-8H,9H2,1H3,(H,19,21)/b13-8-. The zero-order valence-corrected chi connectivity index (χ0v) is 16.3. The van der Waals surface area contributed by atoms with Crippen molar-refractivity contribution in [2.75, 3.05) is 11.9 Å². The minimum atomic E-state index is -0.445. The summed E-state index contributed by atoms with van der Waals surface area (Å²) in [6.45, 7) is 1.61. The molecular formula is C17H13BrN2O3S2. The number of carbonyl (C=O) groups excluding carboxylic acids is 3. The monoisotopic (exact) mass is 436 g/mol. The number of nitrogens with zero attached hydrogens (tertiary/aromatic N) is 1. The molecule has 0 atom stereocenters. The molecule has 3 amide bonds. The first kappa shape index (κ1) is 17.9. The first-order valence-electron chi connectivity index (χ1n) is 7.29. The van der Waals surface area contributed by atoms with Gasteiger partial charge in [0, 0.05) is 10.6 Å². The Hall–Kier alpha value is -1.90. The first-order valence-corrected chi connectivity index (χ1v) is 9.72. The predicted molar refractivity (Wildman–Crippen MR) is 105 cm³/mol. The SMILES string of the molecule is Cc1cccc(NC(=O)CN2C(=O)S/C(=C\c3ccc(Br)s3)C2=O)c1. The maximum Gasteiger partial charge on any atom is 0.294 e. The summed E-state index contributed by atoms with van der Waals surface area (Å²) in [7, 11) is 0. The fourth-order valence-electron chi connectivity index (χ4n) is 2.24. The molecule has 2 aromatic rings. The Morgan fingerprint density at radius 3 is 2.76 bits per heavy atom. The topological polar surface area (TPSA) is 66.5 Å². The molecule has 3 rings (SSSR count). The molecular weight excluding hydrogens is 424 g/mol. The normalized spacial score (nSPS) is 15.9. The van der Waals surface area contributed by atoms with Gasteiger partial charge in [-0.2, -0.15) is 0 Å². The molecule has 0 saturated carbocycles. The minimum Gasteiger partial charge on any atom is -0.325 e. The van der Waals surface area contributed by atoms with Crippen LogP contribution in [0.15, 0.2) is 45.1 Å². The average Bonchev–Trinajstić information content (AvgIpc) is 3.06. The number of hydrogen-bond donors (Lipinski definition) is 1. The molecule has 1 aromatic carbocycles. The zero-order chi connectivity index (χ0) is 18.0. The van der Waals surface area contributed by atoms with E-state index < -0.39 is 17.1 Å². The van der Waals surface area contributed by atoms with Crippen molar-refractivity contribution in [3.8, 4) is 0 Å². The Kier molecular flexibility index (Phi) is 5.41. The lowest BCUT2D eigenvalue weighted by Gasteiger charge is -2.12. The minimum absolute atomic E-state index is 0.302. The molecule has 0 bridgehead atoms. The number of imide groups is 1. The van der Waals surface area contributed by atoms with E-state index in [-0.39, 0.29) is 6.54 Å². The second kappa shape index (κ2) is 7.55. The fraction of sp³-hybridized carbons (Fsp3) is 0.118. The summed E-state index contributed by atoms with van der Waals surface area (Å²) in [4.78, 5) is 38.8. The van der Waals surface area contributed by atoms with Crippen LogP contribution in [0.25, 0.3) is 6.08 Å². The van der Waals surface area contributed by atoms with Crippen molar-refractivity contribution in [1.82, 2.24) is 4.90 Å². The predicted octanol–water partition coefficient (Wildman–Crippen LogP) is 4.49. The molecule has 5 nitrogen and oxygen atoms in total. The summed E-state index contributed by atoms with van der Waals surface area (Å²) in [5.74, 6) is -0.855. The molecule has 25 heavy (non-hydrogen) atoms. The molecule has 0 radical (unpaired) electrons. The van der Waals surface area contributed by atoms with E-state index in [1.807, 2.05) is 37.3 Å². The summed E-state index contributed by atoms with van der Waals surface area (Å²) in [5.41, 5.74) is 1.64. The fourth-order valence-corrected chi connectivity index (χ4v) is 4.51. The third-order valence-electron chi connectivity index (χ3n) is 3.34. The van der Waals surface area contributed by atoms with Crippen LogP contribution in [0.5, 0.6) is 0 Å². The van der Waals surface area contributed by atoms with E-state index in [0.717, 1.165) is 30.9 Å². The van der Waals surface area contributed by atoms with Crippen molar-refractivity contribution in [1.29, 1.82) is 0 Å². The quantitative estimate of drug-likeness (QED) is 0.716. The van der Waals surface area contributed by atoms with E-state index in [9.17, 15) is 14.4 Å². The van der Waals surface area contributed by atoms with Crippen molar-refractivity contribution >= 4 is 67.8 Å². The lowest BCUT2D eigenvalue weighted by Crippen LogP contribution is -2.36. The molecule has 1 N–H and O–H groups in total. The highest BCUT2D eigenvalue weighted by Gasteiger charge is 2.36. The third kappa shape index (κ3) is 4.39. The van der Waals surface area contributed by atoms with Crippen LogP contribution in [0, 0.1) is 6.92 Å². The highest BCUT2D eigenvalue weighted by atomic mass is 79.9. The maximum absolute atomic E-state index is 12.4. The van der Waals surface area contributed by atoms with Crippen LogP contribution < -0.4 is 5.32 Å². The van der Waals surface area contributed by atoms with Gasteiger partial charge in [-0.05, 0) is 70.5 Å². The lowest BCUT2D eigenvalue weighted by molar-refractivity contribution is -0.127. The van der Waals surface area contributed by atoms with Crippen LogP contribution in [0.4, 0.5) is 10.5 Å². The number of carbonyl (C=O) groups is 3. The van der Waals surface area contributed by atoms with E-state index in [2.05, 4.69) is 21.2 Å². The van der Waals surface area contributed by atoms with Gasteiger partial charge in [-0.25, -0.2) is 0 Å². The number of thioether (sulfide) groups is 1. The second-order valence-electron chi connectivity index (χ2n) is 5.33. The van der Waals surface area contributed by atoms with Crippen molar-refractivity contribution in [2.24, 2.45) is 0 Å². The smallest absolute Gasteiger partial charge is 0.294 e. The van der Waals surface area contributed by atoms with Crippen LogP contribution in [-0.2, 0) is 9.59 Å². The summed E-state index contributed by atoms with van der Waals surface area (Å²) in [5, 5.41) is 2.26. The highest BCUT2D eigenvalue weighted by molar-refractivity contribution is 9.11. The molecule has 1 fully saturated rings. The summed E-state index contributed by atoms with van der Waals surface area (Å²) in [6.07, 6.45) is 1.67. The summed E-state index contributed by atoms with van der Waals surface area (Å²) >= 11 is 5.67. The van der Waals surface area contributed by atoms with E-state index in [1.165, 1.54) is 11.3 Å². The van der Waals surface area contributed by atoms with Crippen LogP contribution in [0.3, 0.4) is 0 Å². The number of halogens is 1. The second-order valence-corrected chi connectivity index (χ2v) is 8.82. The average molecular weight is 437 g/mol. The number of benzene rings is 1. The first-order chi connectivity index (χ1) is 11.9. The van der Waals surface area contributed by atoms with Gasteiger partial charge < -0.3 is 5.32 Å². The van der Waals surface area contributed by atoms with Gasteiger partial charge in [-0.3, -0.25) is 19.3 Å². The van der Waals surface area contributed by atoms with Crippen LogP contribution in [-0.4, -0.2) is 28.5 Å². The molecule has 1 saturated heterocycles. The van der Waals surface area contributed by atoms with Crippen LogP contribution >= 0.6 is 39.0 Å². The van der Waals surface area contributed by atoms with E-state index in [0.29, 0.717) is 10.6 Å². The molecule has 1 aliphatic rings. The van der Waals surface area contributed by atoms with Crippen molar-refractivity contribution in [3.05, 3.63) is 55.5 Å². The van der Waals surface area contributed by atoms with Crippen molar-refractivity contribution < 1.29 is 14.4 Å². The Bertz CT molecular complexity index is 892. The maximum atomic E-state index is 12.4. The zero-order valence-electron chi connectivity index (χ0n) is 13.1. The van der Waals surface area contributed by atoms with Gasteiger partial charge in [0.1, 0.15) is 6.54 Å². The van der Waals surface area contributed by atoms with Crippen molar-refractivity contribution in [2.45, 2.75) is 6.92 Å². The molecule has 8 heteroatoms.